The lowest BCUT2D eigenvalue weighted by Crippen LogP contribution is -2.12. The summed E-state index contributed by atoms with van der Waals surface area (Å²) < 4.78 is 26.6. The van der Waals surface area contributed by atoms with E-state index in [9.17, 15) is 8.78 Å². The zero-order chi connectivity index (χ0) is 11.7. The zero-order valence-electron chi connectivity index (χ0n) is 9.32. The van der Waals surface area contributed by atoms with Crippen LogP contribution in [-0.4, -0.2) is 11.5 Å². The lowest BCUT2D eigenvalue weighted by Gasteiger charge is -2.02. The molecule has 0 spiro atoms. The van der Waals surface area contributed by atoms with Gasteiger partial charge in [0, 0.05) is 23.7 Å². The van der Waals surface area contributed by atoms with Gasteiger partial charge in [0.15, 0.2) is 0 Å². The number of aryl methyl sites for hydroxylation is 1. The van der Waals surface area contributed by atoms with Crippen LogP contribution in [0.1, 0.15) is 18.2 Å². The fourth-order valence-electron chi connectivity index (χ4n) is 1.88. The number of H-pyrrole nitrogens is 1. The van der Waals surface area contributed by atoms with E-state index in [1.807, 2.05) is 13.8 Å². The van der Waals surface area contributed by atoms with Crippen molar-refractivity contribution < 1.29 is 8.78 Å². The minimum Gasteiger partial charge on any atom is -0.356 e. The number of halogens is 2. The average Bonchev–Trinajstić information content (AvgIpc) is 2.53. The Morgan fingerprint density at radius 3 is 2.75 bits per heavy atom. The standard InChI is InChI=1S/C12H14F2N2/c1-3-15-6-10-7(2)16-12-9(10)4-8(13)5-11(12)14/h4-5,15-16H,3,6H2,1-2H3. The second-order valence-electron chi connectivity index (χ2n) is 3.82. The van der Waals surface area contributed by atoms with Gasteiger partial charge in [-0.1, -0.05) is 6.92 Å². The van der Waals surface area contributed by atoms with Gasteiger partial charge < -0.3 is 10.3 Å². The van der Waals surface area contributed by atoms with Crippen LogP contribution in [-0.2, 0) is 6.54 Å². The Hall–Kier alpha value is -1.42. The first-order chi connectivity index (χ1) is 7.63. The van der Waals surface area contributed by atoms with Gasteiger partial charge >= 0.3 is 0 Å². The second-order valence-corrected chi connectivity index (χ2v) is 3.82. The van der Waals surface area contributed by atoms with Gasteiger partial charge in [-0.3, -0.25) is 0 Å². The van der Waals surface area contributed by atoms with Crippen molar-refractivity contribution in [1.29, 1.82) is 0 Å². The average molecular weight is 224 g/mol. The molecule has 0 atom stereocenters. The maximum absolute atomic E-state index is 13.5. The number of hydrogen-bond acceptors (Lipinski definition) is 1. The van der Waals surface area contributed by atoms with E-state index < -0.39 is 11.6 Å². The first-order valence-corrected chi connectivity index (χ1v) is 5.30. The molecule has 2 rings (SSSR count). The summed E-state index contributed by atoms with van der Waals surface area (Å²) in [6.45, 7) is 5.30. The molecule has 1 aromatic heterocycles. The summed E-state index contributed by atoms with van der Waals surface area (Å²) in [5, 5.41) is 3.78. The SMILES string of the molecule is CCNCc1c(C)[nH]c2c(F)cc(F)cc12. The van der Waals surface area contributed by atoms with E-state index in [1.54, 1.807) is 0 Å². The summed E-state index contributed by atoms with van der Waals surface area (Å²) >= 11 is 0. The van der Waals surface area contributed by atoms with Crippen molar-refractivity contribution in [1.82, 2.24) is 10.3 Å². The molecular weight excluding hydrogens is 210 g/mol. The van der Waals surface area contributed by atoms with E-state index in [0.717, 1.165) is 23.9 Å². The molecule has 0 aliphatic rings. The minimum atomic E-state index is -0.541. The van der Waals surface area contributed by atoms with Crippen molar-refractivity contribution in [2.24, 2.45) is 0 Å². The van der Waals surface area contributed by atoms with E-state index in [4.69, 9.17) is 0 Å². The highest BCUT2D eigenvalue weighted by atomic mass is 19.1. The molecule has 0 unspecified atom stereocenters. The third kappa shape index (κ3) is 1.80. The number of nitrogens with one attached hydrogen (secondary N) is 2. The van der Waals surface area contributed by atoms with Gasteiger partial charge in [0.1, 0.15) is 11.6 Å². The lowest BCUT2D eigenvalue weighted by atomic mass is 10.1. The van der Waals surface area contributed by atoms with Crippen LogP contribution in [0.4, 0.5) is 8.78 Å². The molecule has 2 aromatic rings. The smallest absolute Gasteiger partial charge is 0.150 e. The van der Waals surface area contributed by atoms with Crippen molar-refractivity contribution in [2.75, 3.05) is 6.54 Å². The number of aromatic nitrogens is 1. The molecule has 86 valence electrons. The molecule has 2 N–H and O–H groups in total. The summed E-state index contributed by atoms with van der Waals surface area (Å²) in [4.78, 5) is 2.95. The summed E-state index contributed by atoms with van der Waals surface area (Å²) in [7, 11) is 0. The monoisotopic (exact) mass is 224 g/mol. The molecule has 0 aliphatic heterocycles. The maximum atomic E-state index is 13.5. The molecular formula is C12H14F2N2. The molecule has 0 saturated heterocycles. The highest BCUT2D eigenvalue weighted by Gasteiger charge is 2.12. The minimum absolute atomic E-state index is 0.381. The Morgan fingerprint density at radius 2 is 2.06 bits per heavy atom. The van der Waals surface area contributed by atoms with Gasteiger partial charge in [0.05, 0.1) is 5.52 Å². The van der Waals surface area contributed by atoms with Crippen molar-refractivity contribution in [2.45, 2.75) is 20.4 Å². The molecule has 0 amide bonds. The molecule has 1 heterocycles. The highest BCUT2D eigenvalue weighted by molar-refractivity contribution is 5.85. The number of rotatable bonds is 3. The van der Waals surface area contributed by atoms with Gasteiger partial charge in [-0.2, -0.15) is 0 Å². The van der Waals surface area contributed by atoms with E-state index in [-0.39, 0.29) is 0 Å². The summed E-state index contributed by atoms with van der Waals surface area (Å²) in [6, 6.07) is 2.27. The molecule has 0 aliphatic carbocycles. The van der Waals surface area contributed by atoms with Crippen LogP contribution < -0.4 is 5.32 Å². The topological polar surface area (TPSA) is 27.8 Å². The third-order valence-electron chi connectivity index (χ3n) is 2.70. The second kappa shape index (κ2) is 4.22. The molecule has 4 heteroatoms. The normalized spacial score (nSPS) is 11.2. The van der Waals surface area contributed by atoms with Crippen LogP contribution in [0.2, 0.25) is 0 Å². The molecule has 2 nitrogen and oxygen atoms in total. The number of hydrogen-bond donors (Lipinski definition) is 2. The first-order valence-electron chi connectivity index (χ1n) is 5.30. The van der Waals surface area contributed by atoms with E-state index in [0.29, 0.717) is 17.4 Å². The first kappa shape index (κ1) is 11.1. The number of aromatic amines is 1. The van der Waals surface area contributed by atoms with Crippen LogP contribution >= 0.6 is 0 Å². The molecule has 0 fully saturated rings. The Kier molecular flexibility index (Phi) is 2.92. The molecule has 0 saturated carbocycles. The molecule has 1 aromatic carbocycles. The van der Waals surface area contributed by atoms with Crippen LogP contribution in [0.15, 0.2) is 12.1 Å². The van der Waals surface area contributed by atoms with Crippen molar-refractivity contribution in [3.8, 4) is 0 Å². The quantitative estimate of drug-likeness (QED) is 0.824. The molecule has 0 bridgehead atoms. The van der Waals surface area contributed by atoms with Crippen LogP contribution in [0.3, 0.4) is 0 Å². The predicted octanol–water partition coefficient (Wildman–Crippen LogP) is 2.86. The van der Waals surface area contributed by atoms with Gasteiger partial charge in [0.2, 0.25) is 0 Å². The van der Waals surface area contributed by atoms with E-state index in [1.165, 1.54) is 6.07 Å². The summed E-state index contributed by atoms with van der Waals surface area (Å²) in [5.41, 5.74) is 2.18. The maximum Gasteiger partial charge on any atom is 0.150 e. The molecule has 16 heavy (non-hydrogen) atoms. The molecule has 0 radical (unpaired) electrons. The summed E-state index contributed by atoms with van der Waals surface area (Å²) in [6.07, 6.45) is 0. The van der Waals surface area contributed by atoms with E-state index >= 15 is 0 Å². The largest absolute Gasteiger partial charge is 0.356 e. The Labute approximate surface area is 92.7 Å². The predicted molar refractivity (Wildman–Crippen MR) is 60.3 cm³/mol. The number of benzene rings is 1. The van der Waals surface area contributed by atoms with Gasteiger partial charge in [-0.15, -0.1) is 0 Å². The lowest BCUT2D eigenvalue weighted by molar-refractivity contribution is 0.590. The van der Waals surface area contributed by atoms with E-state index in [2.05, 4.69) is 10.3 Å². The van der Waals surface area contributed by atoms with Crippen molar-refractivity contribution in [3.05, 3.63) is 35.0 Å². The third-order valence-corrected chi connectivity index (χ3v) is 2.70. The van der Waals surface area contributed by atoms with Gasteiger partial charge in [-0.05, 0) is 25.1 Å². The van der Waals surface area contributed by atoms with Gasteiger partial charge in [0.25, 0.3) is 0 Å². The fraction of sp³-hybridized carbons (Fsp3) is 0.333. The Bertz CT molecular complexity index is 517. The fourth-order valence-corrected chi connectivity index (χ4v) is 1.88. The van der Waals surface area contributed by atoms with Crippen LogP contribution in [0, 0.1) is 18.6 Å². The van der Waals surface area contributed by atoms with Gasteiger partial charge in [-0.25, -0.2) is 8.78 Å². The highest BCUT2D eigenvalue weighted by Crippen LogP contribution is 2.25. The Morgan fingerprint density at radius 1 is 1.31 bits per heavy atom. The number of fused-ring (bicyclic) bond motifs is 1. The van der Waals surface area contributed by atoms with Crippen molar-refractivity contribution in [3.63, 3.8) is 0 Å². The van der Waals surface area contributed by atoms with Crippen molar-refractivity contribution >= 4 is 10.9 Å². The van der Waals surface area contributed by atoms with Crippen LogP contribution in [0.5, 0.6) is 0 Å². The summed E-state index contributed by atoms with van der Waals surface area (Å²) in [5.74, 6) is -1.08. The van der Waals surface area contributed by atoms with Crippen LogP contribution in [0.25, 0.3) is 10.9 Å². The zero-order valence-corrected chi connectivity index (χ0v) is 9.32. The Balaban J connectivity index is 2.59.